The number of halogens is 2. The maximum atomic E-state index is 13.3. The van der Waals surface area contributed by atoms with E-state index >= 15 is 0 Å². The summed E-state index contributed by atoms with van der Waals surface area (Å²) >= 11 is 5.63. The second-order valence-corrected chi connectivity index (χ2v) is 5.75. The van der Waals surface area contributed by atoms with E-state index in [2.05, 4.69) is 19.2 Å². The summed E-state index contributed by atoms with van der Waals surface area (Å²) in [6.45, 7) is 4.56. The van der Waals surface area contributed by atoms with Gasteiger partial charge in [0.1, 0.15) is 5.82 Å². The highest BCUT2D eigenvalue weighted by Crippen LogP contribution is 2.21. The average Bonchev–Trinajstić information content (AvgIpc) is 2.48. The van der Waals surface area contributed by atoms with Crippen molar-refractivity contribution in [2.24, 2.45) is 0 Å². The van der Waals surface area contributed by atoms with Gasteiger partial charge in [-0.3, -0.25) is 0 Å². The molecule has 21 heavy (non-hydrogen) atoms. The van der Waals surface area contributed by atoms with E-state index in [1.807, 2.05) is 24.3 Å². The highest BCUT2D eigenvalue weighted by Gasteiger charge is 2.09. The Morgan fingerprint density at radius 2 is 1.71 bits per heavy atom. The molecule has 0 fully saturated rings. The first-order valence-corrected chi connectivity index (χ1v) is 7.32. The Hall–Kier alpha value is -1.58. The van der Waals surface area contributed by atoms with Crippen LogP contribution in [0.4, 0.5) is 10.1 Å². The van der Waals surface area contributed by atoms with Gasteiger partial charge in [0.25, 0.3) is 0 Å². The zero-order valence-electron chi connectivity index (χ0n) is 12.1. The van der Waals surface area contributed by atoms with Crippen molar-refractivity contribution in [2.45, 2.75) is 25.9 Å². The van der Waals surface area contributed by atoms with Gasteiger partial charge in [-0.05, 0) is 35.2 Å². The van der Waals surface area contributed by atoms with Crippen molar-refractivity contribution in [3.8, 4) is 0 Å². The molecule has 112 valence electrons. The lowest BCUT2D eigenvalue weighted by Crippen LogP contribution is -2.12. The fourth-order valence-corrected chi connectivity index (χ4v) is 2.16. The Bertz CT molecular complexity index is 598. The van der Waals surface area contributed by atoms with Crippen LogP contribution >= 0.6 is 11.6 Å². The predicted molar refractivity (Wildman–Crippen MR) is 85.4 cm³/mol. The van der Waals surface area contributed by atoms with Crippen LogP contribution in [0.1, 0.15) is 37.0 Å². The monoisotopic (exact) mass is 307 g/mol. The van der Waals surface area contributed by atoms with Gasteiger partial charge < -0.3 is 10.4 Å². The van der Waals surface area contributed by atoms with Crippen LogP contribution in [-0.2, 0) is 0 Å². The summed E-state index contributed by atoms with van der Waals surface area (Å²) in [6, 6.07) is 12.4. The van der Waals surface area contributed by atoms with Crippen LogP contribution in [0.3, 0.4) is 0 Å². The third-order valence-electron chi connectivity index (χ3n) is 3.41. The topological polar surface area (TPSA) is 32.3 Å². The van der Waals surface area contributed by atoms with Crippen LogP contribution in [0, 0.1) is 5.82 Å². The quantitative estimate of drug-likeness (QED) is 0.835. The third kappa shape index (κ3) is 4.19. The molecule has 0 radical (unpaired) electrons. The van der Waals surface area contributed by atoms with Gasteiger partial charge in [-0.25, -0.2) is 4.39 Å². The molecular formula is C17H19ClFNO. The summed E-state index contributed by atoms with van der Waals surface area (Å²) in [5.74, 6) is -0.0104. The lowest BCUT2D eigenvalue weighted by Gasteiger charge is -2.14. The van der Waals surface area contributed by atoms with Gasteiger partial charge in [0.05, 0.1) is 11.1 Å². The van der Waals surface area contributed by atoms with Crippen molar-refractivity contribution >= 4 is 17.3 Å². The molecule has 0 bridgehead atoms. The number of benzene rings is 2. The molecule has 2 aromatic rings. The van der Waals surface area contributed by atoms with E-state index in [1.165, 1.54) is 17.7 Å². The second kappa shape index (κ2) is 6.92. The molecule has 0 aromatic heterocycles. The molecule has 0 amide bonds. The number of hydrogen-bond acceptors (Lipinski definition) is 2. The van der Waals surface area contributed by atoms with Crippen LogP contribution in [-0.4, -0.2) is 11.7 Å². The average molecular weight is 308 g/mol. The zero-order chi connectivity index (χ0) is 15.4. The first kappa shape index (κ1) is 15.8. The first-order valence-electron chi connectivity index (χ1n) is 6.94. The molecule has 4 heteroatoms. The maximum absolute atomic E-state index is 13.3. The molecule has 0 aliphatic heterocycles. The van der Waals surface area contributed by atoms with Crippen LogP contribution in [0.2, 0.25) is 5.02 Å². The Labute approximate surface area is 129 Å². The summed E-state index contributed by atoms with van der Waals surface area (Å²) < 4.78 is 13.3. The standard InChI is InChI=1S/C17H19ClFNO/c1-11(2)12-3-5-13(6-4-12)17(21)10-20-14-7-8-15(18)16(19)9-14/h3-9,11,17,20-21H,10H2,1-2H3. The van der Waals surface area contributed by atoms with Crippen molar-refractivity contribution < 1.29 is 9.50 Å². The summed E-state index contributed by atoms with van der Waals surface area (Å²) in [6.07, 6.45) is -0.648. The molecule has 0 saturated heterocycles. The number of anilines is 1. The molecule has 0 heterocycles. The third-order valence-corrected chi connectivity index (χ3v) is 3.71. The lowest BCUT2D eigenvalue weighted by molar-refractivity contribution is 0.191. The van der Waals surface area contributed by atoms with Gasteiger partial charge in [-0.1, -0.05) is 49.7 Å². The van der Waals surface area contributed by atoms with E-state index < -0.39 is 11.9 Å². The molecule has 0 saturated carbocycles. The number of aliphatic hydroxyl groups excluding tert-OH is 1. The molecule has 2 rings (SSSR count). The van der Waals surface area contributed by atoms with Gasteiger partial charge in [0.15, 0.2) is 0 Å². The fourth-order valence-electron chi connectivity index (χ4n) is 2.04. The van der Waals surface area contributed by atoms with Crippen LogP contribution in [0.25, 0.3) is 0 Å². The van der Waals surface area contributed by atoms with E-state index in [0.29, 0.717) is 18.2 Å². The van der Waals surface area contributed by atoms with Crippen LogP contribution in [0.15, 0.2) is 42.5 Å². The van der Waals surface area contributed by atoms with Gasteiger partial charge in [0.2, 0.25) is 0 Å². The summed E-state index contributed by atoms with van der Waals surface area (Å²) in [7, 11) is 0. The Morgan fingerprint density at radius 3 is 2.29 bits per heavy atom. The number of rotatable bonds is 5. The van der Waals surface area contributed by atoms with Gasteiger partial charge in [0, 0.05) is 12.2 Å². The van der Waals surface area contributed by atoms with Gasteiger partial charge >= 0.3 is 0 Å². The minimum atomic E-state index is -0.648. The first-order chi connectivity index (χ1) is 9.97. The smallest absolute Gasteiger partial charge is 0.143 e. The van der Waals surface area contributed by atoms with Crippen LogP contribution in [0.5, 0.6) is 0 Å². The van der Waals surface area contributed by atoms with Gasteiger partial charge in [-0.15, -0.1) is 0 Å². The molecule has 0 aliphatic carbocycles. The molecule has 0 spiro atoms. The summed E-state index contributed by atoms with van der Waals surface area (Å²) in [4.78, 5) is 0. The number of hydrogen-bond donors (Lipinski definition) is 2. The fraction of sp³-hybridized carbons (Fsp3) is 0.294. The molecule has 2 N–H and O–H groups in total. The SMILES string of the molecule is CC(C)c1ccc(C(O)CNc2ccc(Cl)c(F)c2)cc1. The van der Waals surface area contributed by atoms with E-state index in [-0.39, 0.29) is 5.02 Å². The van der Waals surface area contributed by atoms with Crippen LogP contribution < -0.4 is 5.32 Å². The highest BCUT2D eigenvalue weighted by atomic mass is 35.5. The van der Waals surface area contributed by atoms with Crippen molar-refractivity contribution in [2.75, 3.05) is 11.9 Å². The van der Waals surface area contributed by atoms with Crippen molar-refractivity contribution in [1.82, 2.24) is 0 Å². The normalized spacial score (nSPS) is 12.5. The molecule has 2 aromatic carbocycles. The Balaban J connectivity index is 1.97. The molecular weight excluding hydrogens is 289 g/mol. The number of aliphatic hydroxyl groups is 1. The molecule has 2 nitrogen and oxygen atoms in total. The van der Waals surface area contributed by atoms with E-state index in [4.69, 9.17) is 11.6 Å². The summed E-state index contributed by atoms with van der Waals surface area (Å²) in [5, 5.41) is 13.2. The molecule has 1 unspecified atom stereocenters. The highest BCUT2D eigenvalue weighted by molar-refractivity contribution is 6.30. The molecule has 0 aliphatic rings. The van der Waals surface area contributed by atoms with Crippen molar-refractivity contribution in [3.63, 3.8) is 0 Å². The van der Waals surface area contributed by atoms with Crippen molar-refractivity contribution in [1.29, 1.82) is 0 Å². The van der Waals surface area contributed by atoms with E-state index in [1.54, 1.807) is 6.07 Å². The Kier molecular flexibility index (Phi) is 5.21. The maximum Gasteiger partial charge on any atom is 0.143 e. The second-order valence-electron chi connectivity index (χ2n) is 5.35. The summed E-state index contributed by atoms with van der Waals surface area (Å²) in [5.41, 5.74) is 2.66. The Morgan fingerprint density at radius 1 is 1.10 bits per heavy atom. The molecule has 1 atom stereocenters. The largest absolute Gasteiger partial charge is 0.387 e. The lowest BCUT2D eigenvalue weighted by atomic mass is 10.00. The zero-order valence-corrected chi connectivity index (χ0v) is 12.9. The van der Waals surface area contributed by atoms with E-state index in [0.717, 1.165) is 5.56 Å². The predicted octanol–water partition coefficient (Wildman–Crippen LogP) is 4.75. The van der Waals surface area contributed by atoms with Crippen molar-refractivity contribution in [3.05, 3.63) is 64.4 Å². The minimum absolute atomic E-state index is 0.0883. The number of nitrogens with one attached hydrogen (secondary N) is 1. The van der Waals surface area contributed by atoms with Gasteiger partial charge in [-0.2, -0.15) is 0 Å². The van der Waals surface area contributed by atoms with E-state index in [9.17, 15) is 9.50 Å². The minimum Gasteiger partial charge on any atom is -0.387 e.